The van der Waals surface area contributed by atoms with Crippen molar-refractivity contribution in [2.24, 2.45) is 7.05 Å². The Bertz CT molecular complexity index is 3540. The molecule has 0 aliphatic carbocycles. The van der Waals surface area contributed by atoms with Crippen molar-refractivity contribution in [1.29, 1.82) is 0 Å². The quantitative estimate of drug-likeness (QED) is 0.0293. The van der Waals surface area contributed by atoms with E-state index in [2.05, 4.69) is 48.5 Å². The van der Waals surface area contributed by atoms with Gasteiger partial charge in [0.25, 0.3) is 40.5 Å². The first-order chi connectivity index (χ1) is 36.6. The monoisotopic (exact) mass is 1180 g/mol. The topological polar surface area (TPSA) is 516 Å². The lowest BCUT2D eigenvalue weighted by Gasteiger charge is -2.36. The predicted octanol–water partition coefficient (Wildman–Crippen LogP) is -4.36. The first-order valence-electron chi connectivity index (χ1n) is 22.9. The highest BCUT2D eigenvalue weighted by Crippen LogP contribution is 2.63. The molecule has 0 spiro atoms. The maximum absolute atomic E-state index is 14.2. The summed E-state index contributed by atoms with van der Waals surface area (Å²) in [5.41, 5.74) is 10.3. The molecular formula is C37H49N14O23P4-3. The molecule has 0 amide bonds. The number of anilines is 2. The van der Waals surface area contributed by atoms with Gasteiger partial charge in [0, 0.05) is 20.4 Å². The molecule has 0 saturated carbocycles. The van der Waals surface area contributed by atoms with Gasteiger partial charge < -0.3 is 92.8 Å². The molecule has 7 unspecified atom stereocenters. The molecule has 428 valence electrons. The number of aromatic nitrogens is 12. The van der Waals surface area contributed by atoms with Crippen LogP contribution in [0, 0.1) is 6.92 Å². The average molecular weight is 1180 g/mol. The van der Waals surface area contributed by atoms with Gasteiger partial charge in [-0.1, -0.05) is 4.98 Å². The maximum atomic E-state index is 14.2. The molecular weight excluding hydrogens is 1130 g/mol. The SMILES string of the molecule is COC1[C@@H](COP(=O)([O-])OP(=O)([O-])OP(=O)([O-])OC[C@H]2O[C@@H](n3cnc4c(N)ncnc43)[C@@H](OC)C2OP(=O)([O-])C[C@H]2O[C@@H](n3cnc4c(=O)[nH]c(C)nc43)[C@@H](O)C2OC(C)C)O[C@@H]([n+]2cn(C)c3c(=O)[nH]c(N)nc32)[C@H]1O. The van der Waals surface area contributed by atoms with Crippen molar-refractivity contribution in [3.05, 3.63) is 51.8 Å². The summed E-state index contributed by atoms with van der Waals surface area (Å²) in [6.07, 6.45) is -15.6. The number of aromatic amines is 2. The second-order valence-electron chi connectivity index (χ2n) is 18.0. The van der Waals surface area contributed by atoms with E-state index in [1.54, 1.807) is 13.8 Å². The zero-order valence-electron chi connectivity index (χ0n) is 41.3. The maximum Gasteiger partial charge on any atom is 0.313 e. The highest BCUT2D eigenvalue weighted by Gasteiger charge is 2.53. The number of phosphoric acid groups is 3. The van der Waals surface area contributed by atoms with E-state index in [9.17, 15) is 57.6 Å². The van der Waals surface area contributed by atoms with Crippen LogP contribution in [0.25, 0.3) is 33.5 Å². The number of fused-ring (bicyclic) bond motifs is 3. The van der Waals surface area contributed by atoms with Gasteiger partial charge in [-0.2, -0.15) is 0 Å². The van der Waals surface area contributed by atoms with Crippen molar-refractivity contribution < 1.29 is 103 Å². The third kappa shape index (κ3) is 11.7. The van der Waals surface area contributed by atoms with Crippen molar-refractivity contribution in [3.63, 3.8) is 0 Å². The highest BCUT2D eigenvalue weighted by atomic mass is 31.3. The third-order valence-electron chi connectivity index (χ3n) is 12.3. The molecule has 3 fully saturated rings. The number of imidazole rings is 3. The van der Waals surface area contributed by atoms with E-state index in [0.717, 1.165) is 33.2 Å². The minimum Gasteiger partial charge on any atom is -0.778 e. The van der Waals surface area contributed by atoms with Gasteiger partial charge in [0.1, 0.15) is 74.1 Å². The van der Waals surface area contributed by atoms with E-state index < -0.39 is 141 Å². The van der Waals surface area contributed by atoms with Gasteiger partial charge in [-0.15, -0.1) is 0 Å². The van der Waals surface area contributed by atoms with Crippen LogP contribution in [0.4, 0.5) is 11.8 Å². The summed E-state index contributed by atoms with van der Waals surface area (Å²) in [6, 6.07) is 0. The average Bonchev–Trinajstić information content (AvgIpc) is 4.27. The smallest absolute Gasteiger partial charge is 0.313 e. The predicted molar refractivity (Wildman–Crippen MR) is 248 cm³/mol. The Labute approximate surface area is 436 Å². The molecule has 9 rings (SSSR count). The Kier molecular flexibility index (Phi) is 16.2. The van der Waals surface area contributed by atoms with Gasteiger partial charge in [0.05, 0.1) is 45.1 Å². The number of rotatable bonds is 21. The number of aliphatic hydroxyl groups excluding tert-OH is 2. The van der Waals surface area contributed by atoms with Crippen LogP contribution in [0.1, 0.15) is 38.4 Å². The van der Waals surface area contributed by atoms with Crippen LogP contribution < -0.4 is 46.7 Å². The fraction of sp³-hybridized carbons (Fsp3) is 0.595. The highest BCUT2D eigenvalue weighted by molar-refractivity contribution is 7.65. The number of methoxy groups -OCH3 is 2. The van der Waals surface area contributed by atoms with Gasteiger partial charge in [-0.25, -0.2) is 38.1 Å². The van der Waals surface area contributed by atoms with Crippen molar-refractivity contribution in [3.8, 4) is 0 Å². The van der Waals surface area contributed by atoms with Gasteiger partial charge in [-0.05, 0) is 20.8 Å². The van der Waals surface area contributed by atoms with Crippen LogP contribution >= 0.6 is 31.1 Å². The Morgan fingerprint density at radius 1 is 0.756 bits per heavy atom. The van der Waals surface area contributed by atoms with Crippen LogP contribution in [-0.4, -0.2) is 158 Å². The molecule has 3 aliphatic heterocycles. The number of nitrogens with one attached hydrogen (secondary N) is 2. The van der Waals surface area contributed by atoms with E-state index in [-0.39, 0.29) is 51.1 Å². The molecule has 0 aromatic carbocycles. The molecule has 41 heteroatoms. The van der Waals surface area contributed by atoms with Crippen molar-refractivity contribution in [2.75, 3.05) is 45.1 Å². The molecule has 0 radical (unpaired) electrons. The molecule has 78 heavy (non-hydrogen) atoms. The van der Waals surface area contributed by atoms with Gasteiger partial charge in [0.2, 0.25) is 11.7 Å². The summed E-state index contributed by atoms with van der Waals surface area (Å²) < 4.78 is 116. The second kappa shape index (κ2) is 21.9. The number of phosphoric ester groups is 2. The van der Waals surface area contributed by atoms with Crippen LogP contribution in [-0.2, 0) is 75.9 Å². The number of hydrogen-bond acceptors (Lipinski definition) is 31. The Hall–Kier alpha value is -4.91. The normalized spacial score (nSPS) is 29.9. The first kappa shape index (κ1) is 57.8. The molecule has 6 aromatic heterocycles. The zero-order chi connectivity index (χ0) is 56.6. The summed E-state index contributed by atoms with van der Waals surface area (Å²) in [4.78, 5) is 108. The first-order valence-corrected chi connectivity index (χ1v) is 29.0. The van der Waals surface area contributed by atoms with Gasteiger partial charge in [-0.3, -0.25) is 42.0 Å². The number of aliphatic hydroxyl groups is 2. The van der Waals surface area contributed by atoms with Gasteiger partial charge in [0.15, 0.2) is 41.4 Å². The molecule has 6 aromatic rings. The van der Waals surface area contributed by atoms with Gasteiger partial charge >= 0.3 is 5.65 Å². The Balaban J connectivity index is 0.901. The number of nitrogen functional groups attached to an aromatic ring is 2. The van der Waals surface area contributed by atoms with E-state index in [1.807, 2.05) is 0 Å². The van der Waals surface area contributed by atoms with Crippen molar-refractivity contribution in [1.82, 2.24) is 53.6 Å². The minimum atomic E-state index is -6.55. The molecule has 3 aliphatic rings. The van der Waals surface area contributed by atoms with Crippen LogP contribution in [0.3, 0.4) is 0 Å². The van der Waals surface area contributed by atoms with Crippen LogP contribution in [0.15, 0.2) is 34.9 Å². The molecule has 16 atom stereocenters. The lowest BCUT2D eigenvalue weighted by atomic mass is 10.1. The fourth-order valence-electron chi connectivity index (χ4n) is 9.22. The number of aryl methyl sites for hydroxylation is 2. The minimum absolute atomic E-state index is 0.00524. The number of ether oxygens (including phenoxy) is 6. The van der Waals surface area contributed by atoms with Crippen molar-refractivity contribution >= 4 is 76.3 Å². The molecule has 8 N–H and O–H groups in total. The standard InChI is InChI=1S/C37H52N14O23P4/c1-14(2)68-25-18(71-34(23(25)53)50-12-43-20-30(50)44-15(3)45-32(20)54)9-75(56,57)72-26-17(70-36(27(26)65-6)49-11-42-19-28(38)40-10-41-29(19)49)8-67-77(60,61)74-78(62,63)73-76(58,59)66-7-16-24(64-5)22(52)35(69-16)51-13-48(4)21-31(51)46-37(39)47-33(21)55/h10-14,16-18,22-27,34-36,52-53H,7-9H2,1-6H3,(H9-,38,39,40,41,44,45,46,47,54,55,56,57,58,59,60,61,62,63)/p-3/t16-,17-,18-,22+,23+,24?,25?,26?,27+,34-,35-,36-/m1/s1. The lowest BCUT2D eigenvalue weighted by molar-refractivity contribution is -0.745. The summed E-state index contributed by atoms with van der Waals surface area (Å²) in [7, 11) is -20.6. The summed E-state index contributed by atoms with van der Waals surface area (Å²) in [5.74, 6) is -0.182. The van der Waals surface area contributed by atoms with E-state index in [4.69, 9.17) is 53.5 Å². The molecule has 37 nitrogen and oxygen atoms in total. The second-order valence-corrected chi connectivity index (χ2v) is 24.3. The third-order valence-corrected chi connectivity index (χ3v) is 17.8. The Morgan fingerprint density at radius 2 is 1.37 bits per heavy atom. The summed E-state index contributed by atoms with van der Waals surface area (Å²) in [6.45, 7) is 2.27. The number of hydrogen-bond donors (Lipinski definition) is 6. The van der Waals surface area contributed by atoms with E-state index in [1.165, 1.54) is 38.6 Å². The number of nitrogens with zero attached hydrogens (tertiary/aromatic N) is 10. The molecule has 3 saturated heterocycles. The summed E-state index contributed by atoms with van der Waals surface area (Å²) in [5, 5.41) is 22.6. The van der Waals surface area contributed by atoms with E-state index >= 15 is 0 Å². The zero-order valence-corrected chi connectivity index (χ0v) is 44.9. The number of nitrogens with two attached hydrogens (primary N) is 2. The largest absolute Gasteiger partial charge is 0.778 e. The van der Waals surface area contributed by atoms with Crippen molar-refractivity contribution in [2.45, 2.75) is 100 Å². The lowest BCUT2D eigenvalue weighted by Crippen LogP contribution is -2.46. The summed E-state index contributed by atoms with van der Waals surface area (Å²) >= 11 is 0. The van der Waals surface area contributed by atoms with Crippen LogP contribution in [0.2, 0.25) is 0 Å². The number of H-pyrrole nitrogens is 2. The van der Waals surface area contributed by atoms with E-state index in [0.29, 0.717) is 0 Å². The van der Waals surface area contributed by atoms with Crippen LogP contribution in [0.5, 0.6) is 0 Å². The fourth-order valence-corrected chi connectivity index (χ4v) is 14.0. The Morgan fingerprint density at radius 3 is 2.01 bits per heavy atom. The molecule has 0 bridgehead atoms. The molecule has 9 heterocycles.